The third-order valence-corrected chi connectivity index (χ3v) is 7.42. The first-order valence-corrected chi connectivity index (χ1v) is 10.5. The van der Waals surface area contributed by atoms with Crippen molar-refractivity contribution in [3.8, 4) is 0 Å². The number of aromatic nitrogens is 2. The molecular weight excluding hydrogens is 409 g/mol. The summed E-state index contributed by atoms with van der Waals surface area (Å²) in [5.41, 5.74) is 0.538. The van der Waals surface area contributed by atoms with Crippen molar-refractivity contribution in [2.24, 2.45) is 11.8 Å². The summed E-state index contributed by atoms with van der Waals surface area (Å²) in [5, 5.41) is 23.1. The summed E-state index contributed by atoms with van der Waals surface area (Å²) >= 11 is 3.12. The molecule has 0 aliphatic carbocycles. The van der Waals surface area contributed by atoms with Crippen LogP contribution in [0.5, 0.6) is 0 Å². The van der Waals surface area contributed by atoms with E-state index in [-0.39, 0.29) is 53.1 Å². The van der Waals surface area contributed by atoms with Crippen LogP contribution in [-0.2, 0) is 9.59 Å². The minimum atomic E-state index is -1.36. The van der Waals surface area contributed by atoms with Crippen molar-refractivity contribution in [3.05, 3.63) is 23.1 Å². The molecular formula is C18H20N3NaO4S2. The maximum atomic E-state index is 12.4. The van der Waals surface area contributed by atoms with E-state index in [1.54, 1.807) is 25.0 Å². The van der Waals surface area contributed by atoms with E-state index in [0.29, 0.717) is 10.8 Å². The van der Waals surface area contributed by atoms with Gasteiger partial charge in [-0.1, -0.05) is 20.8 Å². The van der Waals surface area contributed by atoms with Crippen LogP contribution in [-0.4, -0.2) is 48.7 Å². The molecule has 1 amide bonds. The van der Waals surface area contributed by atoms with Gasteiger partial charge in [-0.2, -0.15) is 0 Å². The van der Waals surface area contributed by atoms with E-state index in [2.05, 4.69) is 18.8 Å². The second kappa shape index (κ2) is 7.77. The maximum absolute atomic E-state index is 12.4. The molecule has 10 heteroatoms. The van der Waals surface area contributed by atoms with Gasteiger partial charge in [-0.25, -0.2) is 4.98 Å². The van der Waals surface area contributed by atoms with Crippen molar-refractivity contribution in [1.82, 2.24) is 14.3 Å². The van der Waals surface area contributed by atoms with E-state index in [9.17, 15) is 19.8 Å². The molecule has 0 saturated carbocycles. The first-order chi connectivity index (χ1) is 12.7. The third-order valence-electron chi connectivity index (χ3n) is 5.16. The van der Waals surface area contributed by atoms with Crippen LogP contribution in [0.1, 0.15) is 32.6 Å². The Kier molecular flexibility index (Phi) is 6.07. The molecule has 2 aromatic rings. The number of β-lactam (4-membered cyclic amide) rings is 1. The van der Waals surface area contributed by atoms with E-state index in [4.69, 9.17) is 0 Å². The minimum absolute atomic E-state index is 0. The Bertz CT molecular complexity index is 981. The zero-order valence-electron chi connectivity index (χ0n) is 16.4. The van der Waals surface area contributed by atoms with Crippen LogP contribution in [0.25, 0.3) is 10.4 Å². The molecule has 144 valence electrons. The number of aliphatic hydroxyl groups is 1. The number of carboxylic acids is 1. The van der Waals surface area contributed by atoms with Crippen molar-refractivity contribution < 1.29 is 49.4 Å². The van der Waals surface area contributed by atoms with Crippen molar-refractivity contribution in [2.45, 2.75) is 50.1 Å². The number of carboxylic acid groups (broad SMARTS) is 1. The van der Waals surface area contributed by atoms with Crippen LogP contribution in [0.4, 0.5) is 0 Å². The molecule has 0 bridgehead atoms. The smallest absolute Gasteiger partial charge is 0.543 e. The summed E-state index contributed by atoms with van der Waals surface area (Å²) in [6.07, 6.45) is 2.76. The summed E-state index contributed by atoms with van der Waals surface area (Å²) in [7, 11) is 0. The molecule has 4 atom stereocenters. The Morgan fingerprint density at radius 1 is 1.39 bits per heavy atom. The quantitative estimate of drug-likeness (QED) is 0.343. The summed E-state index contributed by atoms with van der Waals surface area (Å²) in [6, 6.07) is -0.343. The molecule has 4 rings (SSSR count). The molecule has 2 aliphatic heterocycles. The van der Waals surface area contributed by atoms with Gasteiger partial charge in [0.2, 0.25) is 5.91 Å². The van der Waals surface area contributed by atoms with E-state index >= 15 is 0 Å². The van der Waals surface area contributed by atoms with Crippen LogP contribution in [0.2, 0.25) is 0 Å². The largest absolute Gasteiger partial charge is 1.00 e. The van der Waals surface area contributed by atoms with Crippen molar-refractivity contribution in [1.29, 1.82) is 0 Å². The number of carbonyl (C=O) groups is 2. The van der Waals surface area contributed by atoms with E-state index in [1.807, 2.05) is 17.5 Å². The first kappa shape index (κ1) is 21.9. The summed E-state index contributed by atoms with van der Waals surface area (Å²) in [6.45, 7) is 7.65. The van der Waals surface area contributed by atoms with Crippen LogP contribution in [0.3, 0.4) is 0 Å². The molecule has 0 aromatic carbocycles. The number of nitrogens with zero attached hydrogens (tertiary/aromatic N) is 3. The van der Waals surface area contributed by atoms with Gasteiger partial charge in [-0.15, -0.1) is 23.1 Å². The number of hydrogen-bond donors (Lipinski definition) is 1. The number of carbonyl (C=O) groups excluding carboxylic acids is 2. The Morgan fingerprint density at radius 3 is 2.64 bits per heavy atom. The van der Waals surface area contributed by atoms with Gasteiger partial charge in [0.1, 0.15) is 16.2 Å². The number of amides is 1. The average Bonchev–Trinajstić information content (AvgIpc) is 3.18. The van der Waals surface area contributed by atoms with Gasteiger partial charge < -0.3 is 19.9 Å². The first-order valence-electron chi connectivity index (χ1n) is 8.82. The second-order valence-electron chi connectivity index (χ2n) is 7.33. The fourth-order valence-electron chi connectivity index (χ4n) is 4.09. The maximum Gasteiger partial charge on any atom is 1.00 e. The van der Waals surface area contributed by atoms with E-state index in [0.717, 1.165) is 14.7 Å². The van der Waals surface area contributed by atoms with Gasteiger partial charge in [0.25, 0.3) is 0 Å². The van der Waals surface area contributed by atoms with Crippen molar-refractivity contribution >= 4 is 45.4 Å². The summed E-state index contributed by atoms with van der Waals surface area (Å²) < 4.78 is 1.89. The molecule has 2 aromatic heterocycles. The second-order valence-corrected chi connectivity index (χ2v) is 9.92. The van der Waals surface area contributed by atoms with Crippen LogP contribution >= 0.6 is 23.1 Å². The van der Waals surface area contributed by atoms with Gasteiger partial charge in [0.15, 0.2) is 0 Å². The molecule has 7 nitrogen and oxygen atoms in total. The third kappa shape index (κ3) is 3.16. The molecule has 1 N–H and O–H groups in total. The standard InChI is InChI=1S/C18H21N3O4S2.Na/c1-7(2)26-15-17-20(6-19-15)5-10(27-17)11-8(3)13-12(9(4)22)16(23)21(13)14(11)18(24)25;/h5-9,12-13,22H,1-4H3,(H,24,25);/q;+1/p-1/t8-,9+,12+,13+;/m0./s1. The number of thiazole rings is 1. The van der Waals surface area contributed by atoms with Gasteiger partial charge in [-0.05, 0) is 6.92 Å². The number of thioether (sulfide) groups is 1. The minimum Gasteiger partial charge on any atom is -0.543 e. The van der Waals surface area contributed by atoms with Gasteiger partial charge in [-0.3, -0.25) is 9.20 Å². The molecule has 1 fully saturated rings. The molecule has 28 heavy (non-hydrogen) atoms. The van der Waals surface area contributed by atoms with Crippen molar-refractivity contribution in [2.75, 3.05) is 0 Å². The predicted octanol–water partition coefficient (Wildman–Crippen LogP) is -1.78. The number of hydrogen-bond acceptors (Lipinski definition) is 7. The van der Waals surface area contributed by atoms with Gasteiger partial charge in [0, 0.05) is 22.9 Å². The summed E-state index contributed by atoms with van der Waals surface area (Å²) in [4.78, 5) is 31.8. The Labute approximate surface area is 193 Å². The Morgan fingerprint density at radius 2 is 2.07 bits per heavy atom. The number of imidazole rings is 1. The zero-order chi connectivity index (χ0) is 19.6. The molecule has 2 aliphatic rings. The van der Waals surface area contributed by atoms with Gasteiger partial charge in [0.05, 0.1) is 34.6 Å². The molecule has 0 spiro atoms. The SMILES string of the molecule is CC(C)Sc1ncn2cc(C3=C(C(=O)[O-])N4C(=O)[C@H]([C@@H](C)O)[C@H]4[C@H]3C)sc12.[Na+]. The fraction of sp³-hybridized carbons (Fsp3) is 0.500. The Hall–Kier alpha value is -0.840. The fourth-order valence-corrected chi connectivity index (χ4v) is 6.23. The number of rotatable bonds is 5. The number of fused-ring (bicyclic) bond motifs is 2. The molecule has 4 heterocycles. The van der Waals surface area contributed by atoms with Crippen LogP contribution in [0.15, 0.2) is 23.2 Å². The Balaban J connectivity index is 0.00000225. The normalized spacial score (nSPS) is 25.1. The average molecular weight is 429 g/mol. The van der Waals surface area contributed by atoms with E-state index < -0.39 is 18.0 Å². The van der Waals surface area contributed by atoms with Crippen LogP contribution < -0.4 is 34.7 Å². The molecule has 0 unspecified atom stereocenters. The number of aliphatic hydroxyl groups excluding tert-OH is 1. The van der Waals surface area contributed by atoms with Gasteiger partial charge >= 0.3 is 29.6 Å². The van der Waals surface area contributed by atoms with Crippen molar-refractivity contribution in [3.63, 3.8) is 0 Å². The van der Waals surface area contributed by atoms with E-state index in [1.165, 1.54) is 16.2 Å². The molecule has 0 radical (unpaired) electrons. The predicted molar refractivity (Wildman–Crippen MR) is 101 cm³/mol. The molecule has 1 saturated heterocycles. The van der Waals surface area contributed by atoms with Crippen LogP contribution in [0, 0.1) is 11.8 Å². The monoisotopic (exact) mass is 429 g/mol. The topological polar surface area (TPSA) is 98.0 Å². The zero-order valence-corrected chi connectivity index (χ0v) is 20.0. The summed E-state index contributed by atoms with van der Waals surface area (Å²) in [5.74, 6) is -2.49. The number of aliphatic carboxylic acids is 1.